The largest absolute Gasteiger partial charge is 0.352 e. The summed E-state index contributed by atoms with van der Waals surface area (Å²) >= 11 is 0. The average Bonchev–Trinajstić information content (AvgIpc) is 2.02. The van der Waals surface area contributed by atoms with Crippen molar-refractivity contribution in [3.8, 4) is 0 Å². The zero-order chi connectivity index (χ0) is 11.3. The molecule has 15 heavy (non-hydrogen) atoms. The highest BCUT2D eigenvalue weighted by Crippen LogP contribution is 1.86. The van der Waals surface area contributed by atoms with Crippen LogP contribution in [-0.4, -0.2) is 29.9 Å². The summed E-state index contributed by atoms with van der Waals surface area (Å²) in [5.74, 6) is -0.523. The van der Waals surface area contributed by atoms with Crippen molar-refractivity contribution in [1.29, 1.82) is 0 Å². The lowest BCUT2D eigenvalue weighted by Gasteiger charge is -2.16. The second-order valence-electron chi connectivity index (χ2n) is 3.68. The van der Waals surface area contributed by atoms with Gasteiger partial charge >= 0.3 is 0 Å². The molecule has 0 spiro atoms. The van der Waals surface area contributed by atoms with E-state index in [4.69, 9.17) is 5.73 Å². The van der Waals surface area contributed by atoms with E-state index in [1.54, 1.807) is 13.8 Å². The molecule has 5 nitrogen and oxygen atoms in total. The van der Waals surface area contributed by atoms with Crippen molar-refractivity contribution in [3.63, 3.8) is 0 Å². The van der Waals surface area contributed by atoms with Crippen LogP contribution >= 0.6 is 17.0 Å². The van der Waals surface area contributed by atoms with Gasteiger partial charge < -0.3 is 16.4 Å². The second-order valence-corrected chi connectivity index (χ2v) is 3.68. The molecule has 0 aliphatic heterocycles. The molecule has 2 atom stereocenters. The molecule has 0 bridgehead atoms. The van der Waals surface area contributed by atoms with Gasteiger partial charge in [0, 0.05) is 6.04 Å². The van der Waals surface area contributed by atoms with Gasteiger partial charge in [0.1, 0.15) is 6.04 Å². The van der Waals surface area contributed by atoms with Gasteiger partial charge in [0.25, 0.3) is 0 Å². The molecule has 4 N–H and O–H groups in total. The monoisotopic (exact) mass is 281 g/mol. The van der Waals surface area contributed by atoms with Gasteiger partial charge in [-0.3, -0.25) is 9.59 Å². The zero-order valence-corrected chi connectivity index (χ0v) is 11.2. The maximum atomic E-state index is 11.3. The number of hydrogen-bond acceptors (Lipinski definition) is 3. The molecule has 90 valence electrons. The third-order valence-corrected chi connectivity index (χ3v) is 1.60. The fourth-order valence-electron chi connectivity index (χ4n) is 0.820. The number of nitrogens with one attached hydrogen (secondary N) is 2. The number of nitrogens with two attached hydrogens (primary N) is 1. The van der Waals surface area contributed by atoms with Crippen LogP contribution in [0.2, 0.25) is 0 Å². The van der Waals surface area contributed by atoms with Crippen molar-refractivity contribution < 1.29 is 9.59 Å². The van der Waals surface area contributed by atoms with Gasteiger partial charge in [0.2, 0.25) is 11.8 Å². The Bertz CT molecular complexity index is 219. The van der Waals surface area contributed by atoms with Gasteiger partial charge in [-0.15, -0.1) is 17.0 Å². The fourth-order valence-corrected chi connectivity index (χ4v) is 0.820. The lowest BCUT2D eigenvalue weighted by molar-refractivity contribution is -0.129. The van der Waals surface area contributed by atoms with Gasteiger partial charge in [-0.2, -0.15) is 0 Å². The summed E-state index contributed by atoms with van der Waals surface area (Å²) in [6, 6.07) is -1.07. The minimum Gasteiger partial charge on any atom is -0.352 e. The molecular formula is C9H20BrN3O2. The maximum absolute atomic E-state index is 11.3. The molecule has 0 saturated carbocycles. The molecule has 0 aliphatic carbocycles. The molecule has 0 heterocycles. The number of carbonyl (C=O) groups is 2. The predicted molar refractivity (Wildman–Crippen MR) is 64.9 cm³/mol. The van der Waals surface area contributed by atoms with E-state index < -0.39 is 12.1 Å². The van der Waals surface area contributed by atoms with E-state index in [0.717, 1.165) is 0 Å². The molecule has 0 aromatic heterocycles. The summed E-state index contributed by atoms with van der Waals surface area (Å²) < 4.78 is 0. The Kier molecular flexibility index (Phi) is 8.56. The lowest BCUT2D eigenvalue weighted by Crippen LogP contribution is -2.50. The van der Waals surface area contributed by atoms with Crippen molar-refractivity contribution in [2.45, 2.75) is 45.8 Å². The molecule has 0 unspecified atom stereocenters. The number of carbonyl (C=O) groups excluding carboxylic acids is 2. The van der Waals surface area contributed by atoms with Crippen molar-refractivity contribution >= 4 is 28.8 Å². The fraction of sp³-hybridized carbons (Fsp3) is 0.778. The molecule has 0 saturated heterocycles. The smallest absolute Gasteiger partial charge is 0.242 e. The highest BCUT2D eigenvalue weighted by atomic mass is 79.9. The molecule has 0 aromatic rings. The number of hydrogen-bond donors (Lipinski definition) is 3. The molecule has 0 aliphatic rings. The van der Waals surface area contributed by atoms with Gasteiger partial charge in [-0.25, -0.2) is 0 Å². The van der Waals surface area contributed by atoms with Gasteiger partial charge in [0.15, 0.2) is 0 Å². The Labute approximate surface area is 101 Å². The van der Waals surface area contributed by atoms with Crippen molar-refractivity contribution in [3.05, 3.63) is 0 Å². The first-order chi connectivity index (χ1) is 6.34. The topological polar surface area (TPSA) is 84.2 Å². The van der Waals surface area contributed by atoms with Crippen molar-refractivity contribution in [1.82, 2.24) is 10.6 Å². The maximum Gasteiger partial charge on any atom is 0.242 e. The lowest BCUT2D eigenvalue weighted by atomic mass is 10.2. The Morgan fingerprint density at radius 2 is 1.47 bits per heavy atom. The Hall–Kier alpha value is -0.620. The summed E-state index contributed by atoms with van der Waals surface area (Å²) in [6.45, 7) is 6.91. The van der Waals surface area contributed by atoms with Crippen LogP contribution in [-0.2, 0) is 9.59 Å². The summed E-state index contributed by atoms with van der Waals surface area (Å²) in [6.07, 6.45) is 0. The molecule has 2 amide bonds. The minimum atomic E-state index is -0.593. The molecule has 0 fully saturated rings. The Morgan fingerprint density at radius 1 is 1.00 bits per heavy atom. The molecule has 6 heteroatoms. The normalized spacial score (nSPS) is 13.7. The van der Waals surface area contributed by atoms with Crippen LogP contribution in [0, 0.1) is 0 Å². The highest BCUT2D eigenvalue weighted by Gasteiger charge is 2.17. The third kappa shape index (κ3) is 7.33. The van der Waals surface area contributed by atoms with Crippen LogP contribution in [0.5, 0.6) is 0 Å². The van der Waals surface area contributed by atoms with Gasteiger partial charge in [-0.05, 0) is 27.7 Å². The van der Waals surface area contributed by atoms with Crippen molar-refractivity contribution in [2.24, 2.45) is 5.73 Å². The Balaban J connectivity index is 0. The number of rotatable bonds is 4. The van der Waals surface area contributed by atoms with E-state index in [-0.39, 0.29) is 34.8 Å². The van der Waals surface area contributed by atoms with Gasteiger partial charge in [0.05, 0.1) is 6.04 Å². The highest BCUT2D eigenvalue weighted by molar-refractivity contribution is 8.93. The average molecular weight is 282 g/mol. The summed E-state index contributed by atoms with van der Waals surface area (Å²) in [4.78, 5) is 22.5. The van der Waals surface area contributed by atoms with Crippen molar-refractivity contribution in [2.75, 3.05) is 0 Å². The van der Waals surface area contributed by atoms with Crippen LogP contribution < -0.4 is 16.4 Å². The van der Waals surface area contributed by atoms with Crippen LogP contribution in [0.1, 0.15) is 27.7 Å². The summed E-state index contributed by atoms with van der Waals surface area (Å²) in [5.41, 5.74) is 5.34. The first kappa shape index (κ1) is 16.8. The van der Waals surface area contributed by atoms with E-state index in [2.05, 4.69) is 10.6 Å². The summed E-state index contributed by atoms with van der Waals surface area (Å²) in [5, 5.41) is 5.20. The quantitative estimate of drug-likeness (QED) is 0.675. The van der Waals surface area contributed by atoms with Crippen LogP contribution in [0.3, 0.4) is 0 Å². The standard InChI is InChI=1S/C9H19N3O2.BrH/c1-5(2)11-9(14)7(4)12-8(13)6(3)10;/h5-7H,10H2,1-4H3,(H,11,14)(H,12,13);1H/t6-,7-;/m0./s1. The SMILES string of the molecule is Br.CC(C)NC(=O)[C@H](C)NC(=O)[C@H](C)N. The first-order valence-electron chi connectivity index (χ1n) is 4.71. The van der Waals surface area contributed by atoms with E-state index in [1.807, 2.05) is 13.8 Å². The second kappa shape index (κ2) is 7.64. The Morgan fingerprint density at radius 3 is 1.80 bits per heavy atom. The zero-order valence-electron chi connectivity index (χ0n) is 9.53. The van der Waals surface area contributed by atoms with E-state index in [0.29, 0.717) is 0 Å². The molecule has 0 aromatic carbocycles. The van der Waals surface area contributed by atoms with E-state index >= 15 is 0 Å². The molecular weight excluding hydrogens is 262 g/mol. The van der Waals surface area contributed by atoms with Crippen LogP contribution in [0.4, 0.5) is 0 Å². The van der Waals surface area contributed by atoms with Gasteiger partial charge in [-0.1, -0.05) is 0 Å². The molecule has 0 radical (unpaired) electrons. The van der Waals surface area contributed by atoms with E-state index in [1.165, 1.54) is 0 Å². The van der Waals surface area contributed by atoms with Crippen LogP contribution in [0.15, 0.2) is 0 Å². The predicted octanol–water partition coefficient (Wildman–Crippen LogP) is -0.0592. The van der Waals surface area contributed by atoms with Crippen LogP contribution in [0.25, 0.3) is 0 Å². The number of halogens is 1. The number of amides is 2. The summed E-state index contributed by atoms with van der Waals surface area (Å²) in [7, 11) is 0. The minimum absolute atomic E-state index is 0. The first-order valence-corrected chi connectivity index (χ1v) is 4.71. The molecule has 0 rings (SSSR count). The third-order valence-electron chi connectivity index (χ3n) is 1.60. The van der Waals surface area contributed by atoms with E-state index in [9.17, 15) is 9.59 Å².